The molecule has 1 aliphatic rings. The van der Waals surface area contributed by atoms with Crippen molar-refractivity contribution in [2.75, 3.05) is 0 Å². The second kappa shape index (κ2) is 2.86. The van der Waals surface area contributed by atoms with Gasteiger partial charge < -0.3 is 13.0 Å². The fourth-order valence-electron chi connectivity index (χ4n) is 2.07. The molecule has 0 radical (unpaired) electrons. The van der Waals surface area contributed by atoms with Gasteiger partial charge in [-0.15, -0.1) is 0 Å². The molecule has 76 valence electrons. The van der Waals surface area contributed by atoms with Crippen molar-refractivity contribution in [3.05, 3.63) is 0 Å². The highest BCUT2D eigenvalue weighted by Crippen LogP contribution is 2.30. The van der Waals surface area contributed by atoms with E-state index in [1.807, 2.05) is 39.3 Å². The minimum Gasteiger partial charge on any atom is -0.431 e. The maximum Gasteiger partial charge on any atom is 0.311 e. The van der Waals surface area contributed by atoms with Crippen LogP contribution in [0.25, 0.3) is 0 Å². The maximum absolute atomic E-state index is 12.0. The van der Waals surface area contributed by atoms with Crippen LogP contribution in [0.3, 0.4) is 0 Å². The average Bonchev–Trinajstić information content (AvgIpc) is 1.77. The predicted octanol–water partition coefficient (Wildman–Crippen LogP) is 2.43. The first-order valence-corrected chi connectivity index (χ1v) is 13.2. The van der Waals surface area contributed by atoms with Gasteiger partial charge >= 0.3 is 8.56 Å². The van der Waals surface area contributed by atoms with Crippen molar-refractivity contribution in [2.24, 2.45) is 0 Å². The normalized spacial score (nSPS) is 30.2. The largest absolute Gasteiger partial charge is 0.431 e. The van der Waals surface area contributed by atoms with E-state index in [-0.39, 0.29) is 0 Å². The van der Waals surface area contributed by atoms with Crippen molar-refractivity contribution in [3.8, 4) is 0 Å². The summed E-state index contributed by atoms with van der Waals surface area (Å²) in [6, 6.07) is 0. The van der Waals surface area contributed by atoms with Crippen molar-refractivity contribution in [3.63, 3.8) is 0 Å². The zero-order valence-electron chi connectivity index (χ0n) is 9.22. The second-order valence-electron chi connectivity index (χ2n) is 4.95. The van der Waals surface area contributed by atoms with Crippen LogP contribution in [-0.4, -0.2) is 30.2 Å². The third-order valence-corrected chi connectivity index (χ3v) is 15.9. The summed E-state index contributed by atoms with van der Waals surface area (Å²) < 4.78 is 11.7. The van der Waals surface area contributed by atoms with E-state index in [4.69, 9.17) is 8.23 Å². The quantitative estimate of drug-likeness (QED) is 0.604. The summed E-state index contributed by atoms with van der Waals surface area (Å²) >= 11 is 0. The number of hydrogen-bond acceptors (Lipinski definition) is 3. The number of rotatable bonds is 0. The zero-order chi connectivity index (χ0) is 10.5. The van der Waals surface area contributed by atoms with Gasteiger partial charge in [0, 0.05) is 0 Å². The molecule has 0 aromatic heterocycles. The minimum atomic E-state index is -2.11. The molecule has 0 bridgehead atoms. The first kappa shape index (κ1) is 11.3. The van der Waals surface area contributed by atoms with E-state index >= 15 is 0 Å². The number of hydrogen-bond donors (Lipinski definition) is 0. The highest BCUT2D eigenvalue weighted by molar-refractivity contribution is 7.31. The van der Waals surface area contributed by atoms with E-state index in [9.17, 15) is 4.79 Å². The summed E-state index contributed by atoms with van der Waals surface area (Å²) in [5.74, 6) is 0. The van der Waals surface area contributed by atoms with E-state index < -0.39 is 25.2 Å². The van der Waals surface area contributed by atoms with E-state index in [0.717, 1.165) is 0 Å². The molecule has 0 aliphatic carbocycles. The number of carbonyl (C=O) groups is 1. The van der Waals surface area contributed by atoms with Gasteiger partial charge in [0.05, 0.1) is 0 Å². The van der Waals surface area contributed by atoms with Crippen LogP contribution in [0.4, 0.5) is 4.79 Å². The molecule has 1 aliphatic heterocycles. The Morgan fingerprint density at radius 2 is 1.15 bits per heavy atom. The van der Waals surface area contributed by atoms with Crippen molar-refractivity contribution in [1.82, 2.24) is 0 Å². The van der Waals surface area contributed by atoms with Gasteiger partial charge in [-0.05, 0) is 39.3 Å². The standard InChI is InChI=1S/C7H18O3Si3/c1-11(2)7(8)12(3,4)10-13(5,6)9-11/h1-6H3. The van der Waals surface area contributed by atoms with Gasteiger partial charge in [0.25, 0.3) is 0 Å². The third-order valence-electron chi connectivity index (χ3n) is 2.10. The van der Waals surface area contributed by atoms with Crippen molar-refractivity contribution >= 4 is 30.2 Å². The first-order chi connectivity index (χ1) is 5.57. The van der Waals surface area contributed by atoms with Crippen LogP contribution in [0.5, 0.6) is 0 Å². The molecule has 0 unspecified atom stereocenters. The lowest BCUT2D eigenvalue weighted by molar-refractivity contribution is 0.258. The Kier molecular flexibility index (Phi) is 2.49. The van der Waals surface area contributed by atoms with Gasteiger partial charge in [-0.25, -0.2) is 0 Å². The van der Waals surface area contributed by atoms with Crippen LogP contribution in [0, 0.1) is 0 Å². The van der Waals surface area contributed by atoms with Gasteiger partial charge in [0.1, 0.15) is 0 Å². The van der Waals surface area contributed by atoms with Gasteiger partial charge in [-0.2, -0.15) is 0 Å². The molecular formula is C7H18O3Si3. The Balaban J connectivity index is 3.03. The molecule has 13 heavy (non-hydrogen) atoms. The Bertz CT molecular complexity index is 225. The smallest absolute Gasteiger partial charge is 0.311 e. The lowest BCUT2D eigenvalue weighted by Crippen LogP contribution is -2.68. The summed E-state index contributed by atoms with van der Waals surface area (Å²) in [6.45, 7) is 12.0. The predicted molar refractivity (Wildman–Crippen MR) is 60.0 cm³/mol. The highest BCUT2D eigenvalue weighted by atomic mass is 28.5. The van der Waals surface area contributed by atoms with Crippen molar-refractivity contribution < 1.29 is 13.0 Å². The summed E-state index contributed by atoms with van der Waals surface area (Å²) in [4.78, 5) is 12.0. The molecule has 0 saturated carbocycles. The van der Waals surface area contributed by atoms with E-state index in [0.29, 0.717) is 5.03 Å². The Morgan fingerprint density at radius 3 is 1.46 bits per heavy atom. The lowest BCUT2D eigenvalue weighted by atomic mass is 11.7. The van der Waals surface area contributed by atoms with Gasteiger partial charge in [0.15, 0.2) is 5.03 Å². The molecule has 1 heterocycles. The summed E-state index contributed by atoms with van der Waals surface area (Å²) in [5.41, 5.74) is 0. The fourth-order valence-corrected chi connectivity index (χ4v) is 19.9. The molecule has 1 rings (SSSR count). The monoisotopic (exact) mass is 234 g/mol. The van der Waals surface area contributed by atoms with Crippen LogP contribution in [0.15, 0.2) is 0 Å². The fraction of sp³-hybridized carbons (Fsp3) is 0.857. The second-order valence-corrected chi connectivity index (χ2v) is 16.8. The van der Waals surface area contributed by atoms with Crippen LogP contribution in [0.2, 0.25) is 39.3 Å². The Labute approximate surface area is 82.9 Å². The zero-order valence-corrected chi connectivity index (χ0v) is 12.2. The van der Waals surface area contributed by atoms with E-state index in [1.54, 1.807) is 0 Å². The molecule has 1 fully saturated rings. The average molecular weight is 234 g/mol. The van der Waals surface area contributed by atoms with Gasteiger partial charge in [0.2, 0.25) is 16.6 Å². The van der Waals surface area contributed by atoms with E-state index in [1.165, 1.54) is 0 Å². The first-order valence-electron chi connectivity index (χ1n) is 4.52. The maximum atomic E-state index is 12.0. The van der Waals surface area contributed by atoms with Crippen molar-refractivity contribution in [2.45, 2.75) is 39.3 Å². The molecule has 0 N–H and O–H groups in total. The van der Waals surface area contributed by atoms with Gasteiger partial charge in [-0.3, -0.25) is 0 Å². The summed E-state index contributed by atoms with van der Waals surface area (Å²) in [6.07, 6.45) is 0. The molecule has 1 saturated heterocycles. The van der Waals surface area contributed by atoms with Crippen molar-refractivity contribution in [1.29, 1.82) is 0 Å². The molecule has 0 aromatic carbocycles. The van der Waals surface area contributed by atoms with Crippen LogP contribution in [0.1, 0.15) is 0 Å². The van der Waals surface area contributed by atoms with Crippen LogP contribution < -0.4 is 0 Å². The molecule has 6 heteroatoms. The Hall–Kier alpha value is 0.241. The SMILES string of the molecule is C[Si]1(C)O[Si](C)(C)C(=O)[Si](C)(C)O1. The third kappa shape index (κ3) is 2.18. The van der Waals surface area contributed by atoms with E-state index in [2.05, 4.69) is 0 Å². The molecule has 0 spiro atoms. The molecule has 0 aromatic rings. The van der Waals surface area contributed by atoms with Crippen LogP contribution >= 0.6 is 0 Å². The summed E-state index contributed by atoms with van der Waals surface area (Å²) in [5, 5.41) is 0.298. The lowest BCUT2D eigenvalue weighted by Gasteiger charge is -2.45. The molecule has 0 amide bonds. The number of carbonyl (C=O) groups excluding carboxylic acids is 1. The molecule has 0 atom stereocenters. The Morgan fingerprint density at radius 1 is 0.846 bits per heavy atom. The van der Waals surface area contributed by atoms with Crippen LogP contribution in [-0.2, 0) is 8.23 Å². The summed E-state index contributed by atoms with van der Waals surface area (Å²) in [7, 11) is -6.21. The topological polar surface area (TPSA) is 35.5 Å². The minimum absolute atomic E-state index is 0.298. The van der Waals surface area contributed by atoms with Gasteiger partial charge in [-0.1, -0.05) is 0 Å². The molecular weight excluding hydrogens is 216 g/mol. The highest BCUT2D eigenvalue weighted by Gasteiger charge is 2.55. The molecule has 3 nitrogen and oxygen atoms in total.